The number of nitrogens with zero attached hydrogens (tertiary/aromatic N) is 4. The SMILES string of the molecule is Cc1cc(-c2ccco2)cc(C)c1/C=C/c1cc(-c2nn[nH]n2)ccn1. The number of benzene rings is 1. The first-order chi connectivity index (χ1) is 12.7. The zero-order valence-electron chi connectivity index (χ0n) is 14.5. The molecule has 0 unspecified atom stereocenters. The van der Waals surface area contributed by atoms with E-state index in [0.29, 0.717) is 5.82 Å². The fourth-order valence-electron chi connectivity index (χ4n) is 2.95. The molecular weight excluding hydrogens is 326 g/mol. The number of hydrogen-bond acceptors (Lipinski definition) is 5. The molecule has 0 fully saturated rings. The molecule has 0 bridgehead atoms. The van der Waals surface area contributed by atoms with Gasteiger partial charge in [-0.2, -0.15) is 5.21 Å². The minimum atomic E-state index is 0.553. The van der Waals surface area contributed by atoms with Gasteiger partial charge in [0, 0.05) is 17.3 Å². The largest absolute Gasteiger partial charge is 0.464 e. The lowest BCUT2D eigenvalue weighted by Crippen LogP contribution is -1.89. The van der Waals surface area contributed by atoms with Crippen molar-refractivity contribution < 1.29 is 4.42 Å². The quantitative estimate of drug-likeness (QED) is 0.597. The Morgan fingerprint density at radius 3 is 2.54 bits per heavy atom. The Morgan fingerprint density at radius 2 is 1.85 bits per heavy atom. The summed E-state index contributed by atoms with van der Waals surface area (Å²) >= 11 is 0. The lowest BCUT2D eigenvalue weighted by molar-refractivity contribution is 0.582. The molecule has 6 heteroatoms. The zero-order valence-corrected chi connectivity index (χ0v) is 14.5. The van der Waals surface area contributed by atoms with Crippen molar-refractivity contribution in [3.63, 3.8) is 0 Å². The molecular formula is C20H17N5O. The van der Waals surface area contributed by atoms with Crippen molar-refractivity contribution in [1.82, 2.24) is 25.6 Å². The number of aryl methyl sites for hydroxylation is 2. The van der Waals surface area contributed by atoms with Crippen molar-refractivity contribution in [2.45, 2.75) is 13.8 Å². The Hall–Kier alpha value is -3.54. The Labute approximate surface area is 150 Å². The maximum Gasteiger partial charge on any atom is 0.204 e. The van der Waals surface area contributed by atoms with E-state index in [-0.39, 0.29) is 0 Å². The normalized spacial score (nSPS) is 11.3. The van der Waals surface area contributed by atoms with E-state index in [4.69, 9.17) is 4.42 Å². The molecule has 1 aromatic carbocycles. The number of aromatic amines is 1. The summed E-state index contributed by atoms with van der Waals surface area (Å²) in [5.41, 5.74) is 6.33. The summed E-state index contributed by atoms with van der Waals surface area (Å²) < 4.78 is 5.50. The first-order valence-electron chi connectivity index (χ1n) is 8.24. The van der Waals surface area contributed by atoms with Gasteiger partial charge < -0.3 is 4.42 Å². The van der Waals surface area contributed by atoms with E-state index in [1.54, 1.807) is 12.5 Å². The summed E-state index contributed by atoms with van der Waals surface area (Å²) in [7, 11) is 0. The average molecular weight is 343 g/mol. The summed E-state index contributed by atoms with van der Waals surface area (Å²) in [5, 5.41) is 14.1. The van der Waals surface area contributed by atoms with Gasteiger partial charge in [-0.15, -0.1) is 10.2 Å². The van der Waals surface area contributed by atoms with Gasteiger partial charge in [-0.3, -0.25) is 4.98 Å². The number of hydrogen-bond donors (Lipinski definition) is 1. The number of nitrogens with one attached hydrogen (secondary N) is 1. The highest BCUT2D eigenvalue weighted by molar-refractivity contribution is 5.75. The van der Waals surface area contributed by atoms with E-state index < -0.39 is 0 Å². The summed E-state index contributed by atoms with van der Waals surface area (Å²) in [6, 6.07) is 11.9. The van der Waals surface area contributed by atoms with Crippen molar-refractivity contribution in [2.75, 3.05) is 0 Å². The van der Waals surface area contributed by atoms with Crippen LogP contribution in [-0.4, -0.2) is 25.6 Å². The number of tetrazole rings is 1. The van der Waals surface area contributed by atoms with Gasteiger partial charge in [0.2, 0.25) is 5.82 Å². The van der Waals surface area contributed by atoms with E-state index in [1.807, 2.05) is 30.3 Å². The zero-order chi connectivity index (χ0) is 17.9. The van der Waals surface area contributed by atoms with Gasteiger partial charge >= 0.3 is 0 Å². The highest BCUT2D eigenvalue weighted by Gasteiger charge is 2.07. The first-order valence-corrected chi connectivity index (χ1v) is 8.24. The summed E-state index contributed by atoms with van der Waals surface area (Å²) in [6.07, 6.45) is 7.51. The van der Waals surface area contributed by atoms with Crippen molar-refractivity contribution in [3.05, 3.63) is 71.2 Å². The van der Waals surface area contributed by atoms with Crippen LogP contribution in [0.3, 0.4) is 0 Å². The average Bonchev–Trinajstić information content (AvgIpc) is 3.35. The summed E-state index contributed by atoms with van der Waals surface area (Å²) in [6.45, 7) is 4.20. The van der Waals surface area contributed by atoms with Crippen molar-refractivity contribution >= 4 is 12.2 Å². The minimum absolute atomic E-state index is 0.553. The van der Waals surface area contributed by atoms with Gasteiger partial charge in [0.05, 0.1) is 12.0 Å². The fraction of sp³-hybridized carbons (Fsp3) is 0.100. The molecule has 26 heavy (non-hydrogen) atoms. The van der Waals surface area contributed by atoms with Crippen LogP contribution in [-0.2, 0) is 0 Å². The predicted molar refractivity (Wildman–Crippen MR) is 100.0 cm³/mol. The smallest absolute Gasteiger partial charge is 0.204 e. The fourth-order valence-corrected chi connectivity index (χ4v) is 2.95. The number of aromatic nitrogens is 5. The molecule has 0 spiro atoms. The standard InChI is InChI=1S/C20H17N5O/c1-13-10-16(19-4-3-9-26-19)11-14(2)18(13)6-5-17-12-15(7-8-21-17)20-22-24-25-23-20/h3-12H,1-2H3,(H,22,23,24,25)/b6-5+. The molecule has 6 nitrogen and oxygen atoms in total. The molecule has 4 rings (SSSR count). The van der Waals surface area contributed by atoms with E-state index in [0.717, 1.165) is 22.6 Å². The van der Waals surface area contributed by atoms with Crippen molar-refractivity contribution in [1.29, 1.82) is 0 Å². The van der Waals surface area contributed by atoms with Crippen LogP contribution in [0.2, 0.25) is 0 Å². The second kappa shape index (κ2) is 6.76. The van der Waals surface area contributed by atoms with Crippen LogP contribution in [0.1, 0.15) is 22.4 Å². The Morgan fingerprint density at radius 1 is 1.00 bits per heavy atom. The minimum Gasteiger partial charge on any atom is -0.464 e. The highest BCUT2D eigenvalue weighted by atomic mass is 16.3. The van der Waals surface area contributed by atoms with Crippen LogP contribution >= 0.6 is 0 Å². The third-order valence-corrected chi connectivity index (χ3v) is 4.20. The molecule has 3 aromatic heterocycles. The molecule has 0 amide bonds. The van der Waals surface area contributed by atoms with Gasteiger partial charge in [0.25, 0.3) is 0 Å². The van der Waals surface area contributed by atoms with Gasteiger partial charge in [-0.05, 0) is 78.2 Å². The van der Waals surface area contributed by atoms with E-state index in [9.17, 15) is 0 Å². The van der Waals surface area contributed by atoms with E-state index >= 15 is 0 Å². The van der Waals surface area contributed by atoms with Crippen LogP contribution in [0.25, 0.3) is 34.9 Å². The van der Waals surface area contributed by atoms with Crippen LogP contribution in [0.5, 0.6) is 0 Å². The third-order valence-electron chi connectivity index (χ3n) is 4.20. The molecule has 3 heterocycles. The van der Waals surface area contributed by atoms with Gasteiger partial charge in [0.15, 0.2) is 0 Å². The Bertz CT molecular complexity index is 1030. The summed E-state index contributed by atoms with van der Waals surface area (Å²) in [4.78, 5) is 4.39. The number of rotatable bonds is 4. The predicted octanol–water partition coefficient (Wildman–Crippen LogP) is 4.31. The Balaban J connectivity index is 1.64. The monoisotopic (exact) mass is 343 g/mol. The molecule has 4 aromatic rings. The molecule has 0 saturated heterocycles. The third kappa shape index (κ3) is 3.17. The van der Waals surface area contributed by atoms with E-state index in [2.05, 4.69) is 57.7 Å². The van der Waals surface area contributed by atoms with Crippen LogP contribution in [0.4, 0.5) is 0 Å². The highest BCUT2D eigenvalue weighted by Crippen LogP contribution is 2.27. The maximum absolute atomic E-state index is 5.50. The van der Waals surface area contributed by atoms with E-state index in [1.165, 1.54) is 16.7 Å². The first kappa shape index (κ1) is 16.0. The lowest BCUT2D eigenvalue weighted by Gasteiger charge is -2.08. The molecule has 0 atom stereocenters. The van der Waals surface area contributed by atoms with Crippen molar-refractivity contribution in [2.24, 2.45) is 0 Å². The molecule has 0 aliphatic carbocycles. The molecule has 0 aliphatic rings. The molecule has 0 aliphatic heterocycles. The van der Waals surface area contributed by atoms with Gasteiger partial charge in [-0.1, -0.05) is 6.08 Å². The van der Waals surface area contributed by atoms with Crippen molar-refractivity contribution in [3.8, 4) is 22.7 Å². The van der Waals surface area contributed by atoms with Crippen LogP contribution in [0, 0.1) is 13.8 Å². The second-order valence-corrected chi connectivity index (χ2v) is 6.04. The van der Waals surface area contributed by atoms with Gasteiger partial charge in [0.1, 0.15) is 5.76 Å². The molecule has 0 radical (unpaired) electrons. The van der Waals surface area contributed by atoms with Crippen LogP contribution < -0.4 is 0 Å². The maximum atomic E-state index is 5.50. The number of pyridine rings is 1. The Kier molecular flexibility index (Phi) is 4.15. The molecule has 128 valence electrons. The van der Waals surface area contributed by atoms with Crippen LogP contribution in [0.15, 0.2) is 53.3 Å². The second-order valence-electron chi connectivity index (χ2n) is 6.04. The van der Waals surface area contributed by atoms with Gasteiger partial charge in [-0.25, -0.2) is 0 Å². The topological polar surface area (TPSA) is 80.5 Å². The molecule has 1 N–H and O–H groups in total. The molecule has 0 saturated carbocycles. The number of furan rings is 1. The number of H-pyrrole nitrogens is 1. The lowest BCUT2D eigenvalue weighted by atomic mass is 9.97. The summed E-state index contributed by atoms with van der Waals surface area (Å²) in [5.74, 6) is 1.43.